The molecule has 0 amide bonds. The molecule has 0 atom stereocenters. The first-order chi connectivity index (χ1) is 12.2. The fourth-order valence-corrected chi connectivity index (χ4v) is 2.92. The molecule has 2 rings (SSSR count). The van der Waals surface area contributed by atoms with Gasteiger partial charge >= 0.3 is 0 Å². The minimum absolute atomic E-state index is 0. The molecule has 0 aromatic heterocycles. The van der Waals surface area contributed by atoms with Crippen LogP contribution in [0.4, 0.5) is 0 Å². The number of phenolic OH excluding ortho intramolecular Hbond substituents is 1. The standard InChI is InChI=1S/C18H30N4O3.HI/c1-19-18(20-13-14-12-16(25-3)4-5-17(14)23)21-15-6-8-22(9-7-15)10-11-24-2;/h4-5,12,15,23H,6-11,13H2,1-3H3,(H2,19,20,21);1H. The van der Waals surface area contributed by atoms with E-state index in [9.17, 15) is 5.11 Å². The highest BCUT2D eigenvalue weighted by Crippen LogP contribution is 2.22. The van der Waals surface area contributed by atoms with E-state index in [1.807, 2.05) is 6.07 Å². The Hall–Kier alpha value is -1.26. The first-order valence-corrected chi connectivity index (χ1v) is 8.70. The maximum atomic E-state index is 9.97. The minimum atomic E-state index is 0. The molecule has 0 unspecified atom stereocenters. The maximum Gasteiger partial charge on any atom is 0.191 e. The highest BCUT2D eigenvalue weighted by atomic mass is 127. The van der Waals surface area contributed by atoms with Crippen LogP contribution in [0.1, 0.15) is 18.4 Å². The molecule has 148 valence electrons. The van der Waals surface area contributed by atoms with Crippen molar-refractivity contribution in [1.29, 1.82) is 0 Å². The van der Waals surface area contributed by atoms with E-state index >= 15 is 0 Å². The number of nitrogens with one attached hydrogen (secondary N) is 2. The molecule has 1 heterocycles. The molecule has 1 aliphatic heterocycles. The second-order valence-corrected chi connectivity index (χ2v) is 6.17. The normalized spacial score (nSPS) is 16.0. The van der Waals surface area contributed by atoms with Crippen LogP contribution in [0.2, 0.25) is 0 Å². The van der Waals surface area contributed by atoms with Crippen molar-refractivity contribution >= 4 is 29.9 Å². The number of hydrogen-bond acceptors (Lipinski definition) is 5. The summed E-state index contributed by atoms with van der Waals surface area (Å²) in [6.45, 7) is 4.38. The number of piperidine rings is 1. The van der Waals surface area contributed by atoms with E-state index in [0.717, 1.165) is 56.4 Å². The molecule has 3 N–H and O–H groups in total. The number of rotatable bonds is 7. The first kappa shape index (κ1) is 22.8. The zero-order valence-electron chi connectivity index (χ0n) is 15.8. The third-order valence-electron chi connectivity index (χ3n) is 4.50. The van der Waals surface area contributed by atoms with Crippen LogP contribution in [0.3, 0.4) is 0 Å². The molecule has 0 saturated carbocycles. The molecule has 0 bridgehead atoms. The summed E-state index contributed by atoms with van der Waals surface area (Å²) in [5.41, 5.74) is 0.775. The number of halogens is 1. The Morgan fingerprint density at radius 2 is 2.04 bits per heavy atom. The molecule has 1 saturated heterocycles. The summed E-state index contributed by atoms with van der Waals surface area (Å²) in [6, 6.07) is 5.61. The average Bonchev–Trinajstić information content (AvgIpc) is 2.65. The third kappa shape index (κ3) is 7.16. The lowest BCUT2D eigenvalue weighted by Crippen LogP contribution is -2.48. The molecular formula is C18H31IN4O3. The van der Waals surface area contributed by atoms with Gasteiger partial charge in [0, 0.05) is 51.9 Å². The highest BCUT2D eigenvalue weighted by molar-refractivity contribution is 14.0. The number of ether oxygens (including phenoxy) is 2. The number of aliphatic imine (C=N–C) groups is 1. The zero-order valence-corrected chi connectivity index (χ0v) is 18.2. The monoisotopic (exact) mass is 478 g/mol. The second-order valence-electron chi connectivity index (χ2n) is 6.17. The van der Waals surface area contributed by atoms with Gasteiger partial charge in [-0.3, -0.25) is 4.99 Å². The second kappa shape index (κ2) is 12.2. The Morgan fingerprint density at radius 3 is 2.65 bits per heavy atom. The topological polar surface area (TPSA) is 78.4 Å². The van der Waals surface area contributed by atoms with Gasteiger partial charge in [0.1, 0.15) is 11.5 Å². The van der Waals surface area contributed by atoms with E-state index in [0.29, 0.717) is 12.6 Å². The van der Waals surface area contributed by atoms with Gasteiger partial charge in [-0.2, -0.15) is 0 Å². The Kier molecular flexibility index (Phi) is 10.7. The lowest BCUT2D eigenvalue weighted by molar-refractivity contribution is 0.128. The van der Waals surface area contributed by atoms with E-state index in [4.69, 9.17) is 9.47 Å². The van der Waals surface area contributed by atoms with Gasteiger partial charge in [-0.15, -0.1) is 24.0 Å². The summed E-state index contributed by atoms with van der Waals surface area (Å²) >= 11 is 0. The van der Waals surface area contributed by atoms with Crippen molar-refractivity contribution in [2.24, 2.45) is 4.99 Å². The lowest BCUT2D eigenvalue weighted by Gasteiger charge is -2.32. The Labute approximate surface area is 173 Å². The van der Waals surface area contributed by atoms with Gasteiger partial charge in [-0.05, 0) is 31.0 Å². The van der Waals surface area contributed by atoms with E-state index in [1.54, 1.807) is 33.4 Å². The van der Waals surface area contributed by atoms with Crippen molar-refractivity contribution < 1.29 is 14.6 Å². The summed E-state index contributed by atoms with van der Waals surface area (Å²) in [4.78, 5) is 6.71. The molecule has 26 heavy (non-hydrogen) atoms. The van der Waals surface area contributed by atoms with Crippen LogP contribution in [-0.2, 0) is 11.3 Å². The molecule has 0 aliphatic carbocycles. The molecule has 0 radical (unpaired) electrons. The quantitative estimate of drug-likeness (QED) is 0.315. The van der Waals surface area contributed by atoms with Crippen molar-refractivity contribution in [3.8, 4) is 11.5 Å². The van der Waals surface area contributed by atoms with E-state index in [2.05, 4.69) is 20.5 Å². The summed E-state index contributed by atoms with van der Waals surface area (Å²) in [5.74, 6) is 1.72. The van der Waals surface area contributed by atoms with Crippen molar-refractivity contribution in [2.45, 2.75) is 25.4 Å². The number of nitrogens with zero attached hydrogens (tertiary/aromatic N) is 2. The predicted molar refractivity (Wildman–Crippen MR) is 115 cm³/mol. The van der Waals surface area contributed by atoms with Crippen molar-refractivity contribution in [3.05, 3.63) is 23.8 Å². The van der Waals surface area contributed by atoms with Gasteiger partial charge in [0.15, 0.2) is 5.96 Å². The third-order valence-corrected chi connectivity index (χ3v) is 4.50. The van der Waals surface area contributed by atoms with Crippen molar-refractivity contribution in [1.82, 2.24) is 15.5 Å². The SMILES string of the molecule is CN=C(NCc1cc(OC)ccc1O)NC1CCN(CCOC)CC1.I. The minimum Gasteiger partial charge on any atom is -0.508 e. The molecule has 7 nitrogen and oxygen atoms in total. The number of phenols is 1. The largest absolute Gasteiger partial charge is 0.508 e. The molecule has 1 aromatic carbocycles. The lowest BCUT2D eigenvalue weighted by atomic mass is 10.1. The summed E-state index contributed by atoms with van der Waals surface area (Å²) < 4.78 is 10.3. The highest BCUT2D eigenvalue weighted by Gasteiger charge is 2.19. The van der Waals surface area contributed by atoms with Gasteiger partial charge in [-0.1, -0.05) is 0 Å². The summed E-state index contributed by atoms with van der Waals surface area (Å²) in [6.07, 6.45) is 2.16. The Morgan fingerprint density at radius 1 is 1.31 bits per heavy atom. The first-order valence-electron chi connectivity index (χ1n) is 8.70. The van der Waals surface area contributed by atoms with Crippen LogP contribution >= 0.6 is 24.0 Å². The molecule has 1 fully saturated rings. The van der Waals surface area contributed by atoms with Crippen LogP contribution in [0.25, 0.3) is 0 Å². The van der Waals surface area contributed by atoms with Gasteiger partial charge < -0.3 is 30.1 Å². The van der Waals surface area contributed by atoms with Crippen molar-refractivity contribution in [2.75, 3.05) is 47.5 Å². The van der Waals surface area contributed by atoms with E-state index < -0.39 is 0 Å². The van der Waals surface area contributed by atoms with Gasteiger partial charge in [0.05, 0.1) is 13.7 Å². The summed E-state index contributed by atoms with van der Waals surface area (Å²) in [5, 5.41) is 16.7. The Bertz CT molecular complexity index is 563. The number of guanidine groups is 1. The van der Waals surface area contributed by atoms with Crippen LogP contribution in [0.5, 0.6) is 11.5 Å². The number of benzene rings is 1. The number of methoxy groups -OCH3 is 2. The van der Waals surface area contributed by atoms with Gasteiger partial charge in [0.2, 0.25) is 0 Å². The maximum absolute atomic E-state index is 9.97. The fourth-order valence-electron chi connectivity index (χ4n) is 2.92. The average molecular weight is 478 g/mol. The molecular weight excluding hydrogens is 447 g/mol. The van der Waals surface area contributed by atoms with Gasteiger partial charge in [-0.25, -0.2) is 0 Å². The molecule has 1 aromatic rings. The van der Waals surface area contributed by atoms with Crippen LogP contribution in [-0.4, -0.2) is 69.5 Å². The molecule has 0 spiro atoms. The number of hydrogen-bond donors (Lipinski definition) is 3. The molecule has 1 aliphatic rings. The van der Waals surface area contributed by atoms with Crippen LogP contribution in [0.15, 0.2) is 23.2 Å². The fraction of sp³-hybridized carbons (Fsp3) is 0.611. The number of aromatic hydroxyl groups is 1. The van der Waals surface area contributed by atoms with E-state index in [-0.39, 0.29) is 29.7 Å². The predicted octanol–water partition coefficient (Wildman–Crippen LogP) is 1.79. The van der Waals surface area contributed by atoms with Crippen molar-refractivity contribution in [3.63, 3.8) is 0 Å². The van der Waals surface area contributed by atoms with Crippen LogP contribution < -0.4 is 15.4 Å². The number of likely N-dealkylation sites (tertiary alicyclic amines) is 1. The summed E-state index contributed by atoms with van der Waals surface area (Å²) in [7, 11) is 5.11. The smallest absolute Gasteiger partial charge is 0.191 e. The molecule has 8 heteroatoms. The van der Waals surface area contributed by atoms with Gasteiger partial charge in [0.25, 0.3) is 0 Å². The van der Waals surface area contributed by atoms with E-state index in [1.165, 1.54) is 0 Å². The Balaban J connectivity index is 0.00000338. The zero-order chi connectivity index (χ0) is 18.1. The van der Waals surface area contributed by atoms with Crippen LogP contribution in [0, 0.1) is 0 Å².